The van der Waals surface area contributed by atoms with E-state index in [1.54, 1.807) is 12.5 Å². The maximum Gasteiger partial charge on any atom is 0.0991 e. The van der Waals surface area contributed by atoms with Crippen LogP contribution in [0, 0.1) is 0 Å². The monoisotopic (exact) mass is 257 g/mol. The minimum Gasteiger partial charge on any atom is -0.393 e. The third kappa shape index (κ3) is 3.03. The Morgan fingerprint density at radius 2 is 1.89 bits per heavy atom. The lowest BCUT2D eigenvalue weighted by Crippen LogP contribution is -2.35. The van der Waals surface area contributed by atoms with Crippen LogP contribution in [0.3, 0.4) is 0 Å². The first-order valence-electron chi connectivity index (χ1n) is 6.79. The molecule has 0 radical (unpaired) electrons. The fourth-order valence-electron chi connectivity index (χ4n) is 2.52. The summed E-state index contributed by atoms with van der Waals surface area (Å²) < 4.78 is 2.00. The number of likely N-dealkylation sites (tertiary alicyclic amines) is 1. The number of hydrogen-bond acceptors (Lipinski definition) is 3. The Labute approximate surface area is 113 Å². The van der Waals surface area contributed by atoms with E-state index in [-0.39, 0.29) is 6.10 Å². The smallest absolute Gasteiger partial charge is 0.0991 e. The Morgan fingerprint density at radius 1 is 1.16 bits per heavy atom. The first-order valence-corrected chi connectivity index (χ1v) is 6.79. The van der Waals surface area contributed by atoms with Crippen molar-refractivity contribution in [3.8, 4) is 5.69 Å². The number of rotatable bonds is 3. The summed E-state index contributed by atoms with van der Waals surface area (Å²) in [6.07, 6.45) is 7.23. The lowest BCUT2D eigenvalue weighted by Gasteiger charge is -2.29. The summed E-state index contributed by atoms with van der Waals surface area (Å²) in [7, 11) is 0. The van der Waals surface area contributed by atoms with Gasteiger partial charge in [-0.05, 0) is 30.5 Å². The number of benzene rings is 1. The molecule has 0 spiro atoms. The molecule has 4 heteroatoms. The zero-order valence-corrected chi connectivity index (χ0v) is 10.9. The average Bonchev–Trinajstić information content (AvgIpc) is 2.96. The molecule has 2 heterocycles. The second-order valence-electron chi connectivity index (χ2n) is 5.14. The van der Waals surface area contributed by atoms with Crippen LogP contribution < -0.4 is 0 Å². The van der Waals surface area contributed by atoms with Crippen LogP contribution in [0.4, 0.5) is 0 Å². The van der Waals surface area contributed by atoms with Crippen LogP contribution in [-0.2, 0) is 6.54 Å². The van der Waals surface area contributed by atoms with Gasteiger partial charge in [-0.15, -0.1) is 0 Å². The van der Waals surface area contributed by atoms with E-state index in [9.17, 15) is 5.11 Å². The second kappa shape index (κ2) is 5.55. The predicted octanol–water partition coefficient (Wildman–Crippen LogP) is 1.83. The molecule has 0 saturated carbocycles. The van der Waals surface area contributed by atoms with E-state index in [1.807, 2.05) is 10.8 Å². The fourth-order valence-corrected chi connectivity index (χ4v) is 2.52. The van der Waals surface area contributed by atoms with Gasteiger partial charge in [0.05, 0.1) is 12.4 Å². The average molecular weight is 257 g/mol. The Hall–Kier alpha value is -1.65. The van der Waals surface area contributed by atoms with Gasteiger partial charge in [0.1, 0.15) is 0 Å². The number of aliphatic hydroxyl groups is 1. The molecule has 4 nitrogen and oxygen atoms in total. The number of nitrogens with zero attached hydrogens (tertiary/aromatic N) is 3. The largest absolute Gasteiger partial charge is 0.393 e. The van der Waals surface area contributed by atoms with Crippen molar-refractivity contribution in [1.82, 2.24) is 14.5 Å². The van der Waals surface area contributed by atoms with Crippen LogP contribution in [0.5, 0.6) is 0 Å². The summed E-state index contributed by atoms with van der Waals surface area (Å²) >= 11 is 0. The number of imidazole rings is 1. The number of aliphatic hydroxyl groups excluding tert-OH is 1. The van der Waals surface area contributed by atoms with E-state index in [0.29, 0.717) is 0 Å². The lowest BCUT2D eigenvalue weighted by atomic mass is 10.1. The summed E-state index contributed by atoms with van der Waals surface area (Å²) in [5.74, 6) is 0. The highest BCUT2D eigenvalue weighted by Crippen LogP contribution is 2.15. The number of piperidine rings is 1. The molecule has 1 aliphatic rings. The van der Waals surface area contributed by atoms with Crippen molar-refractivity contribution in [2.24, 2.45) is 0 Å². The Balaban J connectivity index is 1.63. The predicted molar refractivity (Wildman–Crippen MR) is 74.1 cm³/mol. The molecule has 1 aromatic carbocycles. The Bertz CT molecular complexity index is 499. The zero-order valence-electron chi connectivity index (χ0n) is 10.9. The molecule has 2 aromatic rings. The summed E-state index contributed by atoms with van der Waals surface area (Å²) in [5, 5.41) is 9.50. The van der Waals surface area contributed by atoms with Crippen molar-refractivity contribution < 1.29 is 5.11 Å². The van der Waals surface area contributed by atoms with E-state index in [0.717, 1.165) is 38.2 Å². The topological polar surface area (TPSA) is 41.3 Å². The summed E-state index contributed by atoms with van der Waals surface area (Å²) in [5.41, 5.74) is 2.45. The van der Waals surface area contributed by atoms with Crippen LogP contribution in [0.25, 0.3) is 5.69 Å². The van der Waals surface area contributed by atoms with E-state index in [1.165, 1.54) is 5.56 Å². The quantitative estimate of drug-likeness (QED) is 0.912. The van der Waals surface area contributed by atoms with Gasteiger partial charge in [0.25, 0.3) is 0 Å². The normalized spacial score (nSPS) is 17.7. The van der Waals surface area contributed by atoms with Crippen LogP contribution >= 0.6 is 0 Å². The van der Waals surface area contributed by atoms with Crippen molar-refractivity contribution in [2.45, 2.75) is 25.5 Å². The molecule has 19 heavy (non-hydrogen) atoms. The maximum absolute atomic E-state index is 9.50. The molecule has 1 saturated heterocycles. The molecule has 0 bridgehead atoms. The first kappa shape index (κ1) is 12.4. The van der Waals surface area contributed by atoms with Crippen molar-refractivity contribution in [3.05, 3.63) is 48.5 Å². The number of aromatic nitrogens is 2. The highest BCUT2D eigenvalue weighted by molar-refractivity contribution is 5.34. The van der Waals surface area contributed by atoms with Crippen LogP contribution in [0.1, 0.15) is 18.4 Å². The maximum atomic E-state index is 9.50. The molecule has 1 aliphatic heterocycles. The van der Waals surface area contributed by atoms with E-state index in [4.69, 9.17) is 0 Å². The Kier molecular flexibility index (Phi) is 3.62. The SMILES string of the molecule is OC1CCN(Cc2ccc(-n3ccnc3)cc2)CC1. The summed E-state index contributed by atoms with van der Waals surface area (Å²) in [6.45, 7) is 2.95. The highest BCUT2D eigenvalue weighted by atomic mass is 16.3. The zero-order chi connectivity index (χ0) is 13.1. The van der Waals surface area contributed by atoms with Gasteiger partial charge >= 0.3 is 0 Å². The van der Waals surface area contributed by atoms with E-state index in [2.05, 4.69) is 34.1 Å². The summed E-state index contributed by atoms with van der Waals surface area (Å²) in [6, 6.07) is 8.58. The number of hydrogen-bond donors (Lipinski definition) is 1. The van der Waals surface area contributed by atoms with Gasteiger partial charge in [-0.3, -0.25) is 4.90 Å². The molecule has 100 valence electrons. The third-order valence-electron chi connectivity index (χ3n) is 3.70. The van der Waals surface area contributed by atoms with E-state index < -0.39 is 0 Å². The third-order valence-corrected chi connectivity index (χ3v) is 3.70. The van der Waals surface area contributed by atoms with Gasteiger partial charge in [0, 0.05) is 37.7 Å². The molecular weight excluding hydrogens is 238 g/mol. The van der Waals surface area contributed by atoms with Crippen molar-refractivity contribution in [3.63, 3.8) is 0 Å². The lowest BCUT2D eigenvalue weighted by molar-refractivity contribution is 0.0792. The van der Waals surface area contributed by atoms with Crippen LogP contribution in [-0.4, -0.2) is 38.8 Å². The Morgan fingerprint density at radius 3 is 2.53 bits per heavy atom. The van der Waals surface area contributed by atoms with Gasteiger partial charge in [-0.25, -0.2) is 4.98 Å². The minimum absolute atomic E-state index is 0.0973. The molecule has 3 rings (SSSR count). The van der Waals surface area contributed by atoms with Gasteiger partial charge in [0.2, 0.25) is 0 Å². The molecule has 0 aliphatic carbocycles. The molecule has 1 aromatic heterocycles. The standard InChI is InChI=1S/C15H19N3O/c19-15-5-8-17(9-6-15)11-13-1-3-14(4-2-13)18-10-7-16-12-18/h1-4,7,10,12,15,19H,5-6,8-9,11H2. The molecule has 1 fully saturated rings. The van der Waals surface area contributed by atoms with Crippen molar-refractivity contribution in [2.75, 3.05) is 13.1 Å². The fraction of sp³-hybridized carbons (Fsp3) is 0.400. The van der Waals surface area contributed by atoms with Gasteiger partial charge in [0.15, 0.2) is 0 Å². The first-order chi connectivity index (χ1) is 9.31. The molecular formula is C15H19N3O. The van der Waals surface area contributed by atoms with Gasteiger partial charge < -0.3 is 9.67 Å². The minimum atomic E-state index is -0.0973. The highest BCUT2D eigenvalue weighted by Gasteiger charge is 2.16. The van der Waals surface area contributed by atoms with E-state index >= 15 is 0 Å². The van der Waals surface area contributed by atoms with Crippen LogP contribution in [0.15, 0.2) is 43.0 Å². The second-order valence-corrected chi connectivity index (χ2v) is 5.14. The molecule has 0 amide bonds. The van der Waals surface area contributed by atoms with Crippen molar-refractivity contribution in [1.29, 1.82) is 0 Å². The molecule has 0 atom stereocenters. The van der Waals surface area contributed by atoms with Crippen molar-refractivity contribution >= 4 is 0 Å². The van der Waals surface area contributed by atoms with Crippen LogP contribution in [0.2, 0.25) is 0 Å². The molecule has 1 N–H and O–H groups in total. The van der Waals surface area contributed by atoms with Gasteiger partial charge in [-0.2, -0.15) is 0 Å². The summed E-state index contributed by atoms with van der Waals surface area (Å²) in [4.78, 5) is 6.45. The van der Waals surface area contributed by atoms with Gasteiger partial charge in [-0.1, -0.05) is 12.1 Å². The molecule has 0 unspecified atom stereocenters.